The van der Waals surface area contributed by atoms with Gasteiger partial charge in [0.1, 0.15) is 11.6 Å². The Balaban J connectivity index is 1.39. The first-order chi connectivity index (χ1) is 15.8. The molecule has 4 aromatic rings. The molecule has 7 nitrogen and oxygen atoms in total. The first-order valence-corrected chi connectivity index (χ1v) is 10.8. The van der Waals surface area contributed by atoms with Crippen LogP contribution in [-0.2, 0) is 6.54 Å². The van der Waals surface area contributed by atoms with Crippen LogP contribution in [0.2, 0.25) is 0 Å². The minimum Gasteiger partial charge on any atom is -0.497 e. The third-order valence-corrected chi connectivity index (χ3v) is 5.79. The fourth-order valence-electron chi connectivity index (χ4n) is 4.08. The number of piperazine rings is 1. The maximum Gasteiger partial charge on any atom is 0.147 e. The third kappa shape index (κ3) is 4.33. The standard InChI is InChI=1S/C25H26N6O/c1-32-23-9-5-6-20(16-23)25-21(19-31(28-25)22-7-3-2-4-8-22)18-29-12-14-30(15-13-29)24-17-26-10-11-27-24/h2-11,16-17,19H,12-15,18H2,1H3. The molecule has 0 saturated carbocycles. The van der Waals surface area contributed by atoms with Crippen molar-refractivity contribution in [1.82, 2.24) is 24.6 Å². The SMILES string of the molecule is COc1cccc(-c2nn(-c3ccccc3)cc2CN2CCN(c3cnccn3)CC2)c1. The van der Waals surface area contributed by atoms with Gasteiger partial charge in [0.25, 0.3) is 0 Å². The van der Waals surface area contributed by atoms with Crippen molar-refractivity contribution in [3.63, 3.8) is 0 Å². The van der Waals surface area contributed by atoms with E-state index in [4.69, 9.17) is 9.84 Å². The van der Waals surface area contributed by atoms with Gasteiger partial charge in [-0.15, -0.1) is 0 Å². The second kappa shape index (κ2) is 9.20. The zero-order valence-corrected chi connectivity index (χ0v) is 18.1. The maximum absolute atomic E-state index is 5.45. The number of methoxy groups -OCH3 is 1. The van der Waals surface area contributed by atoms with Crippen molar-refractivity contribution in [3.05, 3.63) is 84.9 Å². The van der Waals surface area contributed by atoms with Crippen LogP contribution in [0.3, 0.4) is 0 Å². The molecule has 3 heterocycles. The third-order valence-electron chi connectivity index (χ3n) is 5.79. The summed E-state index contributed by atoms with van der Waals surface area (Å²) >= 11 is 0. The van der Waals surface area contributed by atoms with Gasteiger partial charge in [0, 0.05) is 62.4 Å². The van der Waals surface area contributed by atoms with Crippen molar-refractivity contribution in [1.29, 1.82) is 0 Å². The molecule has 2 aromatic carbocycles. The summed E-state index contributed by atoms with van der Waals surface area (Å²) in [6.07, 6.45) is 7.45. The lowest BCUT2D eigenvalue weighted by atomic mass is 10.1. The van der Waals surface area contributed by atoms with Crippen LogP contribution in [0, 0.1) is 0 Å². The van der Waals surface area contributed by atoms with E-state index in [9.17, 15) is 0 Å². The monoisotopic (exact) mass is 426 g/mol. The zero-order chi connectivity index (χ0) is 21.8. The number of benzene rings is 2. The molecule has 0 radical (unpaired) electrons. The number of hydrogen-bond donors (Lipinski definition) is 0. The smallest absolute Gasteiger partial charge is 0.147 e. The van der Waals surface area contributed by atoms with Crippen molar-refractivity contribution in [3.8, 4) is 22.7 Å². The highest BCUT2D eigenvalue weighted by Crippen LogP contribution is 2.28. The number of hydrogen-bond acceptors (Lipinski definition) is 6. The minimum absolute atomic E-state index is 0.834. The highest BCUT2D eigenvalue weighted by atomic mass is 16.5. The van der Waals surface area contributed by atoms with E-state index in [2.05, 4.69) is 44.2 Å². The molecule has 0 N–H and O–H groups in total. The topological polar surface area (TPSA) is 59.3 Å². The van der Waals surface area contributed by atoms with E-state index in [1.54, 1.807) is 19.5 Å². The number of aromatic nitrogens is 4. The Hall–Kier alpha value is -3.71. The van der Waals surface area contributed by atoms with E-state index in [1.807, 2.05) is 47.3 Å². The lowest BCUT2D eigenvalue weighted by molar-refractivity contribution is 0.249. The molecular weight excluding hydrogens is 400 g/mol. The lowest BCUT2D eigenvalue weighted by Gasteiger charge is -2.35. The average Bonchev–Trinajstić information content (AvgIpc) is 3.29. The van der Waals surface area contributed by atoms with Crippen LogP contribution >= 0.6 is 0 Å². The number of para-hydroxylation sites is 1. The second-order valence-corrected chi connectivity index (χ2v) is 7.84. The number of ether oxygens (including phenoxy) is 1. The van der Waals surface area contributed by atoms with E-state index >= 15 is 0 Å². The Morgan fingerprint density at radius 2 is 1.78 bits per heavy atom. The molecule has 5 rings (SSSR count). The van der Waals surface area contributed by atoms with Crippen LogP contribution in [0.5, 0.6) is 5.75 Å². The number of rotatable bonds is 6. The molecule has 162 valence electrons. The Bertz CT molecular complexity index is 1150. The molecule has 1 saturated heterocycles. The molecule has 1 aliphatic rings. The second-order valence-electron chi connectivity index (χ2n) is 7.84. The van der Waals surface area contributed by atoms with E-state index in [1.165, 1.54) is 5.56 Å². The summed E-state index contributed by atoms with van der Waals surface area (Å²) in [7, 11) is 1.69. The van der Waals surface area contributed by atoms with Gasteiger partial charge in [-0.05, 0) is 24.3 Å². The molecule has 0 unspecified atom stereocenters. The van der Waals surface area contributed by atoms with Crippen molar-refractivity contribution in [2.75, 3.05) is 38.2 Å². The van der Waals surface area contributed by atoms with E-state index in [0.717, 1.165) is 61.2 Å². The van der Waals surface area contributed by atoms with Crippen LogP contribution in [0.1, 0.15) is 5.56 Å². The van der Waals surface area contributed by atoms with Gasteiger partial charge in [-0.3, -0.25) is 9.88 Å². The molecule has 0 bridgehead atoms. The predicted octanol–water partition coefficient (Wildman–Crippen LogP) is 3.66. The summed E-state index contributed by atoms with van der Waals surface area (Å²) in [6.45, 7) is 4.63. The van der Waals surface area contributed by atoms with E-state index < -0.39 is 0 Å². The van der Waals surface area contributed by atoms with Gasteiger partial charge < -0.3 is 9.64 Å². The van der Waals surface area contributed by atoms with Crippen molar-refractivity contribution in [2.45, 2.75) is 6.54 Å². The van der Waals surface area contributed by atoms with Gasteiger partial charge in [0.2, 0.25) is 0 Å². The van der Waals surface area contributed by atoms with Crippen molar-refractivity contribution < 1.29 is 4.74 Å². The summed E-state index contributed by atoms with van der Waals surface area (Å²) in [4.78, 5) is 13.4. The maximum atomic E-state index is 5.45. The molecule has 7 heteroatoms. The van der Waals surface area contributed by atoms with E-state index in [0.29, 0.717) is 0 Å². The normalized spacial score (nSPS) is 14.5. The molecule has 0 atom stereocenters. The number of nitrogens with zero attached hydrogens (tertiary/aromatic N) is 6. The predicted molar refractivity (Wildman–Crippen MR) is 125 cm³/mol. The highest BCUT2D eigenvalue weighted by Gasteiger charge is 2.21. The van der Waals surface area contributed by atoms with Crippen molar-refractivity contribution in [2.24, 2.45) is 0 Å². The summed E-state index contributed by atoms with van der Waals surface area (Å²) < 4.78 is 7.42. The van der Waals surface area contributed by atoms with E-state index in [-0.39, 0.29) is 0 Å². The van der Waals surface area contributed by atoms with Crippen LogP contribution in [0.25, 0.3) is 16.9 Å². The van der Waals surface area contributed by atoms with Crippen LogP contribution in [-0.4, -0.2) is 57.9 Å². The fraction of sp³-hybridized carbons (Fsp3) is 0.240. The fourth-order valence-corrected chi connectivity index (χ4v) is 4.08. The Labute approximate surface area is 187 Å². The van der Waals surface area contributed by atoms with Gasteiger partial charge in [0.05, 0.1) is 24.7 Å². The summed E-state index contributed by atoms with van der Waals surface area (Å²) in [5.74, 6) is 1.78. The zero-order valence-electron chi connectivity index (χ0n) is 18.1. The molecule has 0 aliphatic carbocycles. The molecule has 32 heavy (non-hydrogen) atoms. The first-order valence-electron chi connectivity index (χ1n) is 10.8. The first kappa shape index (κ1) is 20.2. The number of anilines is 1. The molecule has 1 aliphatic heterocycles. The van der Waals surface area contributed by atoms with Crippen LogP contribution in [0.4, 0.5) is 5.82 Å². The van der Waals surface area contributed by atoms with Gasteiger partial charge >= 0.3 is 0 Å². The Morgan fingerprint density at radius 3 is 2.53 bits per heavy atom. The lowest BCUT2D eigenvalue weighted by Crippen LogP contribution is -2.46. The molecule has 0 amide bonds. The molecule has 1 fully saturated rings. The summed E-state index contributed by atoms with van der Waals surface area (Å²) in [6, 6.07) is 18.4. The Morgan fingerprint density at radius 1 is 0.938 bits per heavy atom. The summed E-state index contributed by atoms with van der Waals surface area (Å²) in [5.41, 5.74) is 4.31. The molecular formula is C25H26N6O. The molecule has 2 aromatic heterocycles. The van der Waals surface area contributed by atoms with Gasteiger partial charge in [-0.1, -0.05) is 30.3 Å². The van der Waals surface area contributed by atoms with Gasteiger partial charge in [-0.2, -0.15) is 5.10 Å². The van der Waals surface area contributed by atoms with Crippen molar-refractivity contribution >= 4 is 5.82 Å². The quantitative estimate of drug-likeness (QED) is 0.469. The average molecular weight is 427 g/mol. The van der Waals surface area contributed by atoms with Gasteiger partial charge in [0.15, 0.2) is 0 Å². The van der Waals surface area contributed by atoms with Gasteiger partial charge in [-0.25, -0.2) is 9.67 Å². The largest absolute Gasteiger partial charge is 0.497 e. The summed E-state index contributed by atoms with van der Waals surface area (Å²) in [5, 5.41) is 4.96. The molecule has 0 spiro atoms. The Kier molecular flexibility index (Phi) is 5.81. The highest BCUT2D eigenvalue weighted by molar-refractivity contribution is 5.65. The van der Waals surface area contributed by atoms with Crippen LogP contribution < -0.4 is 9.64 Å². The minimum atomic E-state index is 0.834. The van der Waals surface area contributed by atoms with Crippen LogP contribution in [0.15, 0.2) is 79.4 Å².